The van der Waals surface area contributed by atoms with Crippen LogP contribution in [-0.4, -0.2) is 23.3 Å². The summed E-state index contributed by atoms with van der Waals surface area (Å²) in [7, 11) is 0. The van der Waals surface area contributed by atoms with E-state index in [9.17, 15) is 9.59 Å². The van der Waals surface area contributed by atoms with E-state index in [-0.39, 0.29) is 22.7 Å². The highest BCUT2D eigenvalue weighted by Gasteiger charge is 2.75. The van der Waals surface area contributed by atoms with Crippen LogP contribution in [0, 0.1) is 28.6 Å². The Balaban J connectivity index is 1.37. The lowest BCUT2D eigenvalue weighted by Gasteiger charge is -2.59. The van der Waals surface area contributed by atoms with Crippen molar-refractivity contribution >= 4 is 17.3 Å². The summed E-state index contributed by atoms with van der Waals surface area (Å²) in [5.74, 6) is 0.891. The van der Waals surface area contributed by atoms with Gasteiger partial charge in [0.05, 0.1) is 6.10 Å². The molecule has 6 rings (SSSR count). The molecule has 5 aliphatic rings. The van der Waals surface area contributed by atoms with Crippen molar-refractivity contribution in [2.24, 2.45) is 28.6 Å². The summed E-state index contributed by atoms with van der Waals surface area (Å²) in [6.45, 7) is 8.34. The van der Waals surface area contributed by atoms with Crippen molar-refractivity contribution < 1.29 is 19.1 Å². The van der Waals surface area contributed by atoms with Gasteiger partial charge in [0.1, 0.15) is 0 Å². The first-order valence-electron chi connectivity index (χ1n) is 13.0. The summed E-state index contributed by atoms with van der Waals surface area (Å²) in [5.41, 5.74) is 7.79. The van der Waals surface area contributed by atoms with Gasteiger partial charge in [0.25, 0.3) is 0 Å². The van der Waals surface area contributed by atoms with Crippen molar-refractivity contribution in [3.05, 3.63) is 41.5 Å². The van der Waals surface area contributed by atoms with Gasteiger partial charge in [0, 0.05) is 23.1 Å². The molecule has 2 N–H and O–H groups in total. The van der Waals surface area contributed by atoms with Gasteiger partial charge in [-0.25, -0.2) is 0 Å². The number of nitrogens with two attached hydrogens (primary N) is 1. The molecule has 8 atom stereocenters. The van der Waals surface area contributed by atoms with E-state index in [1.54, 1.807) is 6.92 Å². The maximum Gasteiger partial charge on any atom is 0.193 e. The molecule has 0 amide bonds. The fourth-order valence-electron chi connectivity index (χ4n) is 9.07. The lowest BCUT2D eigenvalue weighted by Crippen LogP contribution is -2.59. The highest BCUT2D eigenvalue weighted by Crippen LogP contribution is 2.71. The van der Waals surface area contributed by atoms with Crippen LogP contribution in [0.5, 0.6) is 0 Å². The van der Waals surface area contributed by atoms with Gasteiger partial charge in [0.15, 0.2) is 23.0 Å². The first-order chi connectivity index (χ1) is 16.0. The third-order valence-corrected chi connectivity index (χ3v) is 10.8. The molecule has 4 unspecified atom stereocenters. The Morgan fingerprint density at radius 3 is 2.47 bits per heavy atom. The van der Waals surface area contributed by atoms with Crippen LogP contribution in [0.2, 0.25) is 0 Å². The Morgan fingerprint density at radius 2 is 1.76 bits per heavy atom. The number of carbonyl (C=O) groups is 2. The van der Waals surface area contributed by atoms with Gasteiger partial charge in [0.2, 0.25) is 0 Å². The van der Waals surface area contributed by atoms with Gasteiger partial charge in [-0.3, -0.25) is 9.59 Å². The van der Waals surface area contributed by atoms with E-state index in [2.05, 4.69) is 13.8 Å². The molecule has 0 spiro atoms. The highest BCUT2D eigenvalue weighted by atomic mass is 16.8. The Morgan fingerprint density at radius 1 is 1.03 bits per heavy atom. The molecule has 5 nitrogen and oxygen atoms in total. The zero-order chi connectivity index (χ0) is 24.1. The first-order valence-corrected chi connectivity index (χ1v) is 13.0. The number of hydrogen-bond donors (Lipinski definition) is 1. The lowest BCUT2D eigenvalue weighted by atomic mass is 9.46. The second-order valence-electron chi connectivity index (χ2n) is 12.2. The van der Waals surface area contributed by atoms with Crippen molar-refractivity contribution in [2.45, 2.75) is 90.1 Å². The molecule has 1 saturated heterocycles. The van der Waals surface area contributed by atoms with E-state index in [4.69, 9.17) is 15.2 Å². The van der Waals surface area contributed by atoms with Crippen LogP contribution in [-0.2, 0) is 24.8 Å². The number of benzene rings is 1. The number of nitrogen functional groups attached to an aromatic ring is 1. The maximum absolute atomic E-state index is 13.5. The minimum atomic E-state index is -0.965. The standard InChI is InChI=1S/C29H37NO4/c1-17(31)29-25(33-28(4,34-29)18-5-8-20(30)9-6-18)16-24-22-10-7-19-15-21(32)11-13-26(19,2)23(22)12-14-27(24,29)3/h5-6,8-9,15,22-25H,7,10-14,16,30H2,1-4H3/t22?,23?,24?,25-,26+,27+,28?,29-/m1/s1. The van der Waals surface area contributed by atoms with Crippen LogP contribution in [0.25, 0.3) is 0 Å². The van der Waals surface area contributed by atoms with E-state index >= 15 is 0 Å². The molecule has 1 aromatic carbocycles. The first kappa shape index (κ1) is 22.5. The molecule has 0 aromatic heterocycles. The Labute approximate surface area is 202 Å². The van der Waals surface area contributed by atoms with Gasteiger partial charge in [-0.2, -0.15) is 0 Å². The molecule has 1 aliphatic heterocycles. The Bertz CT molecular complexity index is 1090. The zero-order valence-electron chi connectivity index (χ0n) is 20.9. The molecular weight excluding hydrogens is 426 g/mol. The highest BCUT2D eigenvalue weighted by molar-refractivity contribution is 5.91. The number of allylic oxidation sites excluding steroid dienone is 1. The second-order valence-corrected chi connectivity index (χ2v) is 12.2. The summed E-state index contributed by atoms with van der Waals surface area (Å²) < 4.78 is 13.6. The average molecular weight is 464 g/mol. The van der Waals surface area contributed by atoms with Crippen LogP contribution < -0.4 is 5.73 Å². The molecule has 0 radical (unpaired) electrons. The average Bonchev–Trinajstić information content (AvgIpc) is 3.23. The SMILES string of the molecule is CC(=O)[C@@]12OC(C)(c3ccc(N)cc3)O[C@@H]1CC1C3CCC4=CC(=O)CC[C@]4(C)C3CC[C@@]12C. The monoisotopic (exact) mass is 463 g/mol. The molecule has 34 heavy (non-hydrogen) atoms. The molecule has 5 heteroatoms. The van der Waals surface area contributed by atoms with Crippen LogP contribution in [0.1, 0.15) is 78.2 Å². The number of ketones is 2. The van der Waals surface area contributed by atoms with E-state index in [0.717, 1.165) is 44.1 Å². The smallest absolute Gasteiger partial charge is 0.193 e. The van der Waals surface area contributed by atoms with E-state index < -0.39 is 11.4 Å². The summed E-state index contributed by atoms with van der Waals surface area (Å²) in [6.07, 6.45) is 8.31. The number of anilines is 1. The van der Waals surface area contributed by atoms with Crippen molar-refractivity contribution in [1.29, 1.82) is 0 Å². The number of ether oxygens (including phenoxy) is 2. The van der Waals surface area contributed by atoms with Crippen molar-refractivity contribution in [2.75, 3.05) is 5.73 Å². The number of Topliss-reactive ketones (excluding diaryl/α,β-unsaturated/α-hetero) is 1. The Kier molecular flexibility index (Phi) is 4.65. The topological polar surface area (TPSA) is 78.6 Å². The van der Waals surface area contributed by atoms with Gasteiger partial charge in [-0.15, -0.1) is 0 Å². The van der Waals surface area contributed by atoms with E-state index in [1.807, 2.05) is 37.3 Å². The fraction of sp³-hybridized carbons (Fsp3) is 0.655. The minimum Gasteiger partial charge on any atom is -0.399 e. The maximum atomic E-state index is 13.5. The molecule has 3 saturated carbocycles. The van der Waals surface area contributed by atoms with Crippen molar-refractivity contribution in [1.82, 2.24) is 0 Å². The third kappa shape index (κ3) is 2.69. The number of fused-ring (bicyclic) bond motifs is 7. The summed E-state index contributed by atoms with van der Waals surface area (Å²) in [5, 5.41) is 0. The summed E-state index contributed by atoms with van der Waals surface area (Å²) >= 11 is 0. The van der Waals surface area contributed by atoms with Gasteiger partial charge in [-0.1, -0.05) is 31.6 Å². The van der Waals surface area contributed by atoms with Gasteiger partial charge < -0.3 is 15.2 Å². The van der Waals surface area contributed by atoms with Crippen LogP contribution in [0.4, 0.5) is 5.69 Å². The van der Waals surface area contributed by atoms with Crippen LogP contribution in [0.3, 0.4) is 0 Å². The molecule has 1 aromatic rings. The zero-order valence-corrected chi connectivity index (χ0v) is 20.9. The predicted molar refractivity (Wildman–Crippen MR) is 130 cm³/mol. The molecule has 4 fully saturated rings. The minimum absolute atomic E-state index is 0.0889. The molecule has 0 bridgehead atoms. The van der Waals surface area contributed by atoms with Crippen molar-refractivity contribution in [3.63, 3.8) is 0 Å². The largest absolute Gasteiger partial charge is 0.399 e. The molecule has 1 heterocycles. The number of rotatable bonds is 2. The van der Waals surface area contributed by atoms with Crippen molar-refractivity contribution in [3.8, 4) is 0 Å². The number of hydrogen-bond acceptors (Lipinski definition) is 5. The third-order valence-electron chi connectivity index (χ3n) is 10.8. The van der Waals surface area contributed by atoms with Crippen LogP contribution >= 0.6 is 0 Å². The quantitative estimate of drug-likeness (QED) is 0.600. The summed E-state index contributed by atoms with van der Waals surface area (Å²) in [6, 6.07) is 7.61. The fourth-order valence-corrected chi connectivity index (χ4v) is 9.07. The molecule has 182 valence electrons. The normalized spacial score (nSPS) is 47.3. The van der Waals surface area contributed by atoms with Gasteiger partial charge >= 0.3 is 0 Å². The van der Waals surface area contributed by atoms with Gasteiger partial charge in [-0.05, 0) is 93.7 Å². The summed E-state index contributed by atoms with van der Waals surface area (Å²) in [4.78, 5) is 25.6. The number of carbonyl (C=O) groups excluding carboxylic acids is 2. The Hall–Kier alpha value is -1.98. The lowest BCUT2D eigenvalue weighted by molar-refractivity contribution is -0.227. The second kappa shape index (κ2) is 7.04. The van der Waals surface area contributed by atoms with E-state index in [0.29, 0.717) is 35.6 Å². The predicted octanol–water partition coefficient (Wildman–Crippen LogP) is 5.33. The molecular formula is C29H37NO4. The van der Waals surface area contributed by atoms with E-state index in [1.165, 1.54) is 5.57 Å². The van der Waals surface area contributed by atoms with Crippen LogP contribution in [0.15, 0.2) is 35.9 Å². The molecule has 4 aliphatic carbocycles.